The second-order valence-electron chi connectivity index (χ2n) is 5.61. The molecule has 5 nitrogen and oxygen atoms in total. The molecule has 1 aromatic heterocycles. The summed E-state index contributed by atoms with van der Waals surface area (Å²) in [5.41, 5.74) is 1.19. The predicted octanol–water partition coefficient (Wildman–Crippen LogP) is 3.33. The van der Waals surface area contributed by atoms with Gasteiger partial charge in [-0.25, -0.2) is 4.98 Å². The molecule has 0 aliphatic carbocycles. The summed E-state index contributed by atoms with van der Waals surface area (Å²) in [4.78, 5) is 19.1. The lowest BCUT2D eigenvalue weighted by molar-refractivity contribution is 0.102. The van der Waals surface area contributed by atoms with Gasteiger partial charge in [0.15, 0.2) is 0 Å². The van der Waals surface area contributed by atoms with Crippen molar-refractivity contribution >= 4 is 17.4 Å². The first-order valence-electron chi connectivity index (χ1n) is 7.93. The molecule has 3 rings (SSSR count). The number of aromatic nitrogens is 1. The molecular weight excluding hydrogens is 290 g/mol. The van der Waals surface area contributed by atoms with Gasteiger partial charge in [-0.3, -0.25) is 4.79 Å². The van der Waals surface area contributed by atoms with E-state index in [4.69, 9.17) is 4.74 Å². The van der Waals surface area contributed by atoms with Crippen LogP contribution in [0.25, 0.3) is 0 Å². The van der Waals surface area contributed by atoms with E-state index in [2.05, 4.69) is 15.2 Å². The first-order chi connectivity index (χ1) is 11.3. The molecule has 0 radical (unpaired) electrons. The highest BCUT2D eigenvalue weighted by Crippen LogP contribution is 2.21. The number of benzene rings is 1. The first-order valence-corrected chi connectivity index (χ1v) is 7.93. The number of hydrogen-bond donors (Lipinski definition) is 1. The minimum atomic E-state index is -0.199. The van der Waals surface area contributed by atoms with Gasteiger partial charge in [0.1, 0.15) is 11.6 Å². The number of rotatable bonds is 4. The van der Waals surface area contributed by atoms with Crippen LogP contribution in [0.4, 0.5) is 11.5 Å². The van der Waals surface area contributed by atoms with Crippen LogP contribution >= 0.6 is 0 Å². The molecule has 1 aliphatic rings. The molecule has 1 aliphatic heterocycles. The van der Waals surface area contributed by atoms with Gasteiger partial charge in [0.2, 0.25) is 0 Å². The molecule has 1 N–H and O–H groups in total. The Morgan fingerprint density at radius 3 is 2.61 bits per heavy atom. The Labute approximate surface area is 136 Å². The fourth-order valence-corrected chi connectivity index (χ4v) is 2.80. The van der Waals surface area contributed by atoms with Gasteiger partial charge >= 0.3 is 0 Å². The SMILES string of the molecule is COc1ccccc1C(=O)Nc1ccc(N2CCCCC2)nc1. The molecule has 0 unspecified atom stereocenters. The minimum absolute atomic E-state index is 0.199. The monoisotopic (exact) mass is 311 g/mol. The van der Waals surface area contributed by atoms with Gasteiger partial charge in [-0.15, -0.1) is 0 Å². The number of nitrogens with zero attached hydrogens (tertiary/aromatic N) is 2. The smallest absolute Gasteiger partial charge is 0.259 e. The van der Waals surface area contributed by atoms with E-state index in [9.17, 15) is 4.79 Å². The zero-order valence-corrected chi connectivity index (χ0v) is 13.3. The third-order valence-electron chi connectivity index (χ3n) is 4.04. The maximum Gasteiger partial charge on any atom is 0.259 e. The maximum absolute atomic E-state index is 12.4. The molecule has 1 fully saturated rings. The van der Waals surface area contributed by atoms with Crippen molar-refractivity contribution < 1.29 is 9.53 Å². The van der Waals surface area contributed by atoms with Crippen LogP contribution in [0.1, 0.15) is 29.6 Å². The normalized spacial score (nSPS) is 14.4. The van der Waals surface area contributed by atoms with E-state index in [1.807, 2.05) is 24.3 Å². The highest BCUT2D eigenvalue weighted by molar-refractivity contribution is 6.06. The molecule has 0 atom stereocenters. The quantitative estimate of drug-likeness (QED) is 0.941. The Hall–Kier alpha value is -2.56. The Morgan fingerprint density at radius 1 is 1.13 bits per heavy atom. The number of pyridine rings is 1. The van der Waals surface area contributed by atoms with E-state index in [0.717, 1.165) is 18.9 Å². The summed E-state index contributed by atoms with van der Waals surface area (Å²) in [6.45, 7) is 2.11. The minimum Gasteiger partial charge on any atom is -0.496 e. The van der Waals surface area contributed by atoms with Gasteiger partial charge in [0, 0.05) is 13.1 Å². The van der Waals surface area contributed by atoms with E-state index in [-0.39, 0.29) is 5.91 Å². The Kier molecular flexibility index (Phi) is 4.76. The van der Waals surface area contributed by atoms with Crippen LogP contribution in [0.2, 0.25) is 0 Å². The summed E-state index contributed by atoms with van der Waals surface area (Å²) in [7, 11) is 1.56. The highest BCUT2D eigenvalue weighted by atomic mass is 16.5. The largest absolute Gasteiger partial charge is 0.496 e. The van der Waals surface area contributed by atoms with Gasteiger partial charge < -0.3 is 15.0 Å². The summed E-state index contributed by atoms with van der Waals surface area (Å²) in [6.07, 6.45) is 5.43. The number of carbonyl (C=O) groups is 1. The van der Waals surface area contributed by atoms with Gasteiger partial charge in [0.25, 0.3) is 5.91 Å². The lowest BCUT2D eigenvalue weighted by Crippen LogP contribution is -2.30. The average Bonchev–Trinajstić information content (AvgIpc) is 2.63. The van der Waals surface area contributed by atoms with Crippen molar-refractivity contribution in [1.29, 1.82) is 0 Å². The van der Waals surface area contributed by atoms with Crippen molar-refractivity contribution in [3.05, 3.63) is 48.2 Å². The first kappa shape index (κ1) is 15.3. The Balaban J connectivity index is 1.69. The summed E-state index contributed by atoms with van der Waals surface area (Å²) in [5.74, 6) is 1.33. The predicted molar refractivity (Wildman–Crippen MR) is 91.2 cm³/mol. The van der Waals surface area contributed by atoms with Gasteiger partial charge in [-0.1, -0.05) is 12.1 Å². The molecule has 1 amide bonds. The van der Waals surface area contributed by atoms with Crippen molar-refractivity contribution in [2.75, 3.05) is 30.4 Å². The van der Waals surface area contributed by atoms with Crippen LogP contribution in [0, 0.1) is 0 Å². The molecule has 5 heteroatoms. The molecule has 0 saturated carbocycles. The Morgan fingerprint density at radius 2 is 1.91 bits per heavy atom. The van der Waals surface area contributed by atoms with Crippen molar-refractivity contribution in [1.82, 2.24) is 4.98 Å². The lowest BCUT2D eigenvalue weighted by Gasteiger charge is -2.27. The number of hydrogen-bond acceptors (Lipinski definition) is 4. The fraction of sp³-hybridized carbons (Fsp3) is 0.333. The van der Waals surface area contributed by atoms with E-state index < -0.39 is 0 Å². The topological polar surface area (TPSA) is 54.5 Å². The zero-order chi connectivity index (χ0) is 16.1. The van der Waals surface area contributed by atoms with Gasteiger partial charge in [-0.2, -0.15) is 0 Å². The van der Waals surface area contributed by atoms with E-state index in [0.29, 0.717) is 17.0 Å². The molecule has 2 heterocycles. The third kappa shape index (κ3) is 3.62. The number of piperidine rings is 1. The zero-order valence-electron chi connectivity index (χ0n) is 13.3. The molecule has 120 valence electrons. The van der Waals surface area contributed by atoms with Crippen LogP contribution in [0.3, 0.4) is 0 Å². The van der Waals surface area contributed by atoms with E-state index in [1.165, 1.54) is 19.3 Å². The molecule has 1 aromatic carbocycles. The maximum atomic E-state index is 12.4. The highest BCUT2D eigenvalue weighted by Gasteiger charge is 2.14. The summed E-state index contributed by atoms with van der Waals surface area (Å²) >= 11 is 0. The summed E-state index contributed by atoms with van der Waals surface area (Å²) < 4.78 is 5.22. The fourth-order valence-electron chi connectivity index (χ4n) is 2.80. The van der Waals surface area contributed by atoms with E-state index in [1.54, 1.807) is 25.4 Å². The standard InChI is InChI=1S/C18H21N3O2/c1-23-16-8-4-3-7-15(16)18(22)20-14-9-10-17(19-13-14)21-11-5-2-6-12-21/h3-4,7-10,13H,2,5-6,11-12H2,1H3,(H,20,22). The van der Waals surface area contributed by atoms with Crippen LogP contribution in [0.5, 0.6) is 5.75 Å². The molecule has 1 saturated heterocycles. The Bertz CT molecular complexity index is 664. The molecular formula is C18H21N3O2. The van der Waals surface area contributed by atoms with Gasteiger partial charge in [0.05, 0.1) is 24.6 Å². The van der Waals surface area contributed by atoms with Crippen molar-refractivity contribution in [3.63, 3.8) is 0 Å². The number of methoxy groups -OCH3 is 1. The van der Waals surface area contributed by atoms with Crippen molar-refractivity contribution in [2.45, 2.75) is 19.3 Å². The lowest BCUT2D eigenvalue weighted by atomic mass is 10.1. The number of amides is 1. The number of anilines is 2. The average molecular weight is 311 g/mol. The summed E-state index contributed by atoms with van der Waals surface area (Å²) in [5, 5.41) is 2.86. The van der Waals surface area contributed by atoms with Crippen LogP contribution in [-0.4, -0.2) is 31.1 Å². The van der Waals surface area contributed by atoms with Crippen molar-refractivity contribution in [2.24, 2.45) is 0 Å². The molecule has 23 heavy (non-hydrogen) atoms. The number of carbonyl (C=O) groups excluding carboxylic acids is 1. The van der Waals surface area contributed by atoms with Crippen molar-refractivity contribution in [3.8, 4) is 5.75 Å². The number of nitrogens with one attached hydrogen (secondary N) is 1. The second kappa shape index (κ2) is 7.13. The van der Waals surface area contributed by atoms with Crippen LogP contribution in [0.15, 0.2) is 42.6 Å². The molecule has 0 bridgehead atoms. The van der Waals surface area contributed by atoms with Crippen LogP contribution in [-0.2, 0) is 0 Å². The molecule has 2 aromatic rings. The third-order valence-corrected chi connectivity index (χ3v) is 4.04. The number of para-hydroxylation sites is 1. The van der Waals surface area contributed by atoms with Crippen LogP contribution < -0.4 is 15.0 Å². The molecule has 0 spiro atoms. The summed E-state index contributed by atoms with van der Waals surface area (Å²) in [6, 6.07) is 11.0. The van der Waals surface area contributed by atoms with E-state index >= 15 is 0 Å². The number of ether oxygens (including phenoxy) is 1. The van der Waals surface area contributed by atoms with Gasteiger partial charge in [-0.05, 0) is 43.5 Å². The second-order valence-corrected chi connectivity index (χ2v) is 5.61.